The summed E-state index contributed by atoms with van der Waals surface area (Å²) in [4.78, 5) is 12.1. The molecular formula is C14H13N3O2. The van der Waals surface area contributed by atoms with Crippen LogP contribution in [0.1, 0.15) is 21.7 Å². The van der Waals surface area contributed by atoms with Crippen molar-refractivity contribution in [3.63, 3.8) is 0 Å². The molecule has 2 aromatic rings. The van der Waals surface area contributed by atoms with Crippen molar-refractivity contribution >= 4 is 5.91 Å². The zero-order chi connectivity index (χ0) is 13.5. The van der Waals surface area contributed by atoms with Gasteiger partial charge in [-0.1, -0.05) is 29.1 Å². The van der Waals surface area contributed by atoms with Gasteiger partial charge in [0.1, 0.15) is 0 Å². The number of aromatic nitrogens is 1. The van der Waals surface area contributed by atoms with Crippen LogP contribution in [0.15, 0.2) is 41.1 Å². The number of carbonyl (C=O) groups excluding carboxylic acids is 1. The number of nitrogens with two attached hydrogens (primary N) is 1. The maximum absolute atomic E-state index is 12.1. The van der Waals surface area contributed by atoms with E-state index in [-0.39, 0.29) is 19.0 Å². The summed E-state index contributed by atoms with van der Waals surface area (Å²) in [5.41, 5.74) is 6.50. The van der Waals surface area contributed by atoms with Crippen molar-refractivity contribution < 1.29 is 9.32 Å². The molecule has 0 unspecified atom stereocenters. The third-order valence-electron chi connectivity index (χ3n) is 2.41. The van der Waals surface area contributed by atoms with Crippen LogP contribution >= 0.6 is 0 Å². The molecule has 1 aromatic heterocycles. The molecule has 0 saturated heterocycles. The Balaban J connectivity index is 2.10. The van der Waals surface area contributed by atoms with Crippen LogP contribution in [0.2, 0.25) is 0 Å². The van der Waals surface area contributed by atoms with Crippen LogP contribution in [0.25, 0.3) is 0 Å². The van der Waals surface area contributed by atoms with Gasteiger partial charge in [0.2, 0.25) is 0 Å². The molecule has 0 bridgehead atoms. The normalized spacial score (nSPS) is 9.53. The number of benzene rings is 1. The van der Waals surface area contributed by atoms with Gasteiger partial charge in [-0.25, -0.2) is 0 Å². The molecule has 3 N–H and O–H groups in total. The number of amides is 1. The lowest BCUT2D eigenvalue weighted by Crippen LogP contribution is -2.23. The second-order valence-electron chi connectivity index (χ2n) is 3.71. The van der Waals surface area contributed by atoms with E-state index < -0.39 is 0 Å². The molecule has 0 radical (unpaired) electrons. The molecule has 96 valence electrons. The lowest BCUT2D eigenvalue weighted by molar-refractivity contribution is 0.0947. The summed E-state index contributed by atoms with van der Waals surface area (Å²) < 4.78 is 4.91. The monoisotopic (exact) mass is 255 g/mol. The van der Waals surface area contributed by atoms with Gasteiger partial charge in [-0.15, -0.1) is 0 Å². The van der Waals surface area contributed by atoms with Crippen molar-refractivity contribution in [3.8, 4) is 11.8 Å². The molecule has 0 fully saturated rings. The molecule has 5 nitrogen and oxygen atoms in total. The minimum absolute atomic E-state index is 0.210. The highest BCUT2D eigenvalue weighted by Gasteiger charge is 2.09. The van der Waals surface area contributed by atoms with Gasteiger partial charge >= 0.3 is 0 Å². The fraction of sp³-hybridized carbons (Fsp3) is 0.143. The van der Waals surface area contributed by atoms with E-state index in [9.17, 15) is 4.79 Å². The number of hydrogen-bond acceptors (Lipinski definition) is 4. The fourth-order valence-electron chi connectivity index (χ4n) is 1.53. The van der Waals surface area contributed by atoms with E-state index in [4.69, 9.17) is 10.3 Å². The Bertz CT molecular complexity index is 609. The van der Waals surface area contributed by atoms with Gasteiger partial charge in [-0.05, 0) is 12.1 Å². The first-order valence-corrected chi connectivity index (χ1v) is 5.77. The van der Waals surface area contributed by atoms with E-state index in [0.717, 1.165) is 0 Å². The quantitative estimate of drug-likeness (QED) is 0.799. The van der Waals surface area contributed by atoms with Crippen LogP contribution in [0.5, 0.6) is 0 Å². The summed E-state index contributed by atoms with van der Waals surface area (Å²) in [6, 6.07) is 8.81. The molecule has 5 heteroatoms. The van der Waals surface area contributed by atoms with Gasteiger partial charge in [0.05, 0.1) is 24.8 Å². The zero-order valence-corrected chi connectivity index (χ0v) is 10.2. The molecule has 0 aliphatic heterocycles. The predicted molar refractivity (Wildman–Crippen MR) is 70.0 cm³/mol. The third kappa shape index (κ3) is 3.44. The summed E-state index contributed by atoms with van der Waals surface area (Å²) >= 11 is 0. The van der Waals surface area contributed by atoms with Crippen molar-refractivity contribution in [2.75, 3.05) is 6.54 Å². The average molecular weight is 255 g/mol. The predicted octanol–water partition coefficient (Wildman–Crippen LogP) is 0.915. The zero-order valence-electron chi connectivity index (χ0n) is 10.2. The van der Waals surface area contributed by atoms with Crippen LogP contribution < -0.4 is 11.1 Å². The van der Waals surface area contributed by atoms with E-state index in [1.54, 1.807) is 24.3 Å². The fourth-order valence-corrected chi connectivity index (χ4v) is 1.53. The molecule has 0 saturated carbocycles. The number of nitrogens with zero attached hydrogens (tertiary/aromatic N) is 1. The maximum atomic E-state index is 12.1. The van der Waals surface area contributed by atoms with Gasteiger partial charge in [0, 0.05) is 11.6 Å². The van der Waals surface area contributed by atoms with E-state index >= 15 is 0 Å². The van der Waals surface area contributed by atoms with Gasteiger partial charge in [-0.2, -0.15) is 0 Å². The summed E-state index contributed by atoms with van der Waals surface area (Å²) in [5.74, 6) is 6.00. The van der Waals surface area contributed by atoms with Crippen molar-refractivity contribution in [3.05, 3.63) is 53.4 Å². The molecule has 2 rings (SSSR count). The Morgan fingerprint density at radius 2 is 2.21 bits per heavy atom. The Morgan fingerprint density at radius 1 is 1.37 bits per heavy atom. The van der Waals surface area contributed by atoms with Crippen LogP contribution in [0.4, 0.5) is 0 Å². The van der Waals surface area contributed by atoms with Gasteiger partial charge < -0.3 is 15.6 Å². The molecule has 0 aliphatic carbocycles. The Hall–Kier alpha value is -2.58. The minimum atomic E-state index is -0.210. The highest BCUT2D eigenvalue weighted by Crippen LogP contribution is 2.07. The van der Waals surface area contributed by atoms with Crippen molar-refractivity contribution in [2.24, 2.45) is 5.73 Å². The van der Waals surface area contributed by atoms with E-state index in [1.165, 1.54) is 6.20 Å². The number of hydrogen-bond donors (Lipinski definition) is 2. The lowest BCUT2D eigenvalue weighted by Gasteiger charge is -2.05. The van der Waals surface area contributed by atoms with E-state index in [1.807, 2.05) is 6.07 Å². The summed E-state index contributed by atoms with van der Waals surface area (Å²) in [6.07, 6.45) is 1.53. The van der Waals surface area contributed by atoms with E-state index in [2.05, 4.69) is 22.3 Å². The number of nitrogens with one attached hydrogen (secondary N) is 1. The van der Waals surface area contributed by atoms with Crippen LogP contribution in [0, 0.1) is 11.8 Å². The van der Waals surface area contributed by atoms with Gasteiger partial charge in [-0.3, -0.25) is 4.79 Å². The van der Waals surface area contributed by atoms with Crippen LogP contribution in [-0.2, 0) is 6.54 Å². The maximum Gasteiger partial charge on any atom is 0.252 e. The molecule has 19 heavy (non-hydrogen) atoms. The molecule has 0 atom stereocenters. The summed E-state index contributed by atoms with van der Waals surface area (Å²) in [6.45, 7) is 0.547. The number of rotatable bonds is 3. The van der Waals surface area contributed by atoms with Crippen molar-refractivity contribution in [1.29, 1.82) is 0 Å². The minimum Gasteiger partial charge on any atom is -0.360 e. The highest BCUT2D eigenvalue weighted by atomic mass is 16.5. The summed E-state index contributed by atoms with van der Waals surface area (Å²) in [5, 5.41) is 6.31. The molecule has 1 heterocycles. The first kappa shape index (κ1) is 12.9. The molecule has 1 aromatic carbocycles. The molecule has 0 aliphatic rings. The second-order valence-corrected chi connectivity index (χ2v) is 3.71. The number of carbonyl (C=O) groups is 1. The highest BCUT2D eigenvalue weighted by molar-refractivity contribution is 5.96. The van der Waals surface area contributed by atoms with Crippen molar-refractivity contribution in [2.45, 2.75) is 6.54 Å². The Morgan fingerprint density at radius 3 is 2.95 bits per heavy atom. The lowest BCUT2D eigenvalue weighted by atomic mass is 10.1. The largest absolute Gasteiger partial charge is 0.360 e. The Labute approximate surface area is 110 Å². The standard InChI is InChI=1S/C14H13N3O2/c15-8-3-5-11-4-1-2-6-13(11)14(18)16-10-12-7-9-17-19-12/h1-2,4,6-7,9H,8,10,15H2,(H,16,18). The topological polar surface area (TPSA) is 81.2 Å². The third-order valence-corrected chi connectivity index (χ3v) is 2.41. The first-order valence-electron chi connectivity index (χ1n) is 5.77. The van der Waals surface area contributed by atoms with Crippen LogP contribution in [-0.4, -0.2) is 17.6 Å². The van der Waals surface area contributed by atoms with Crippen LogP contribution in [0.3, 0.4) is 0 Å². The SMILES string of the molecule is NCC#Cc1ccccc1C(=O)NCc1ccno1. The molecular weight excluding hydrogens is 242 g/mol. The first-order chi connectivity index (χ1) is 9.31. The van der Waals surface area contributed by atoms with Gasteiger partial charge in [0.15, 0.2) is 5.76 Å². The molecule has 0 spiro atoms. The summed E-state index contributed by atoms with van der Waals surface area (Å²) in [7, 11) is 0. The van der Waals surface area contributed by atoms with Crippen molar-refractivity contribution in [1.82, 2.24) is 10.5 Å². The van der Waals surface area contributed by atoms with Gasteiger partial charge in [0.25, 0.3) is 5.91 Å². The second kappa shape index (κ2) is 6.38. The smallest absolute Gasteiger partial charge is 0.252 e. The van der Waals surface area contributed by atoms with E-state index in [0.29, 0.717) is 16.9 Å². The molecule has 1 amide bonds. The Kier molecular flexibility index (Phi) is 4.32. The average Bonchev–Trinajstić information content (AvgIpc) is 2.96.